The van der Waals surface area contributed by atoms with Crippen LogP contribution in [0.5, 0.6) is 0 Å². The van der Waals surface area contributed by atoms with E-state index in [1.54, 1.807) is 12.1 Å². The summed E-state index contributed by atoms with van der Waals surface area (Å²) < 4.78 is 24.6. The van der Waals surface area contributed by atoms with Crippen LogP contribution in [-0.2, 0) is 51.2 Å². The van der Waals surface area contributed by atoms with E-state index in [1.807, 2.05) is 35.0 Å². The van der Waals surface area contributed by atoms with Gasteiger partial charge in [0.15, 0.2) is 29.8 Å². The Balaban J connectivity index is 2.33. The van der Waals surface area contributed by atoms with Gasteiger partial charge in [0, 0.05) is 27.7 Å². The minimum absolute atomic E-state index is 0.0926. The smallest absolute Gasteiger partial charge is 0.352 e. The van der Waals surface area contributed by atoms with Crippen LogP contribution in [0, 0.1) is 13.8 Å². The van der Waals surface area contributed by atoms with Gasteiger partial charge in [-0.1, -0.05) is 0 Å². The molecule has 2 aliphatic rings. The molecule has 15 nitrogen and oxygen atoms in total. The molecule has 0 spiro atoms. The van der Waals surface area contributed by atoms with Crippen molar-refractivity contribution in [2.75, 3.05) is 34.3 Å². The van der Waals surface area contributed by atoms with E-state index in [9.17, 15) is 28.8 Å². The SMILES string of the molecule is CC(=O)OC[C@@H](OC(C)=O)[C@@H](OC(C)=O)[C@H](Cn1c2nc(=O)n(CC[N+](C)(C)C)c(=O)c-2nc2cc(C)c(C)cc21)OC(C)=O. The van der Waals surface area contributed by atoms with Crippen LogP contribution >= 0.6 is 0 Å². The molecule has 0 amide bonds. The zero-order chi connectivity index (χ0) is 33.8. The summed E-state index contributed by atoms with van der Waals surface area (Å²) in [4.78, 5) is 84.1. The van der Waals surface area contributed by atoms with Crippen LogP contribution in [0.25, 0.3) is 22.6 Å². The summed E-state index contributed by atoms with van der Waals surface area (Å²) in [6.07, 6.45) is -4.26. The van der Waals surface area contributed by atoms with E-state index < -0.39 is 60.0 Å². The van der Waals surface area contributed by atoms with Crippen molar-refractivity contribution in [1.82, 2.24) is 19.1 Å². The van der Waals surface area contributed by atoms with E-state index in [0.29, 0.717) is 22.1 Å². The topological polar surface area (TPSA) is 175 Å². The summed E-state index contributed by atoms with van der Waals surface area (Å²) in [7, 11) is 5.77. The second kappa shape index (κ2) is 14.0. The van der Waals surface area contributed by atoms with E-state index in [-0.39, 0.29) is 24.6 Å². The van der Waals surface area contributed by atoms with E-state index >= 15 is 0 Å². The molecular formula is C30H40N5O10+. The van der Waals surface area contributed by atoms with E-state index in [4.69, 9.17) is 18.9 Å². The van der Waals surface area contributed by atoms with Gasteiger partial charge in [-0.3, -0.25) is 28.5 Å². The van der Waals surface area contributed by atoms with Crippen LogP contribution in [0.15, 0.2) is 21.7 Å². The molecule has 0 aromatic heterocycles. The highest BCUT2D eigenvalue weighted by molar-refractivity contribution is 5.81. The maximum absolute atomic E-state index is 13.7. The molecule has 1 aromatic carbocycles. The lowest BCUT2D eigenvalue weighted by Crippen LogP contribution is -2.49. The Bertz CT molecular complexity index is 1700. The molecule has 0 saturated heterocycles. The van der Waals surface area contributed by atoms with Gasteiger partial charge in [0.1, 0.15) is 6.61 Å². The van der Waals surface area contributed by atoms with Crippen molar-refractivity contribution >= 4 is 34.9 Å². The number of aryl methyl sites for hydroxylation is 2. The fraction of sp³-hybridized carbons (Fsp3) is 0.533. The Labute approximate surface area is 259 Å². The minimum atomic E-state index is -1.48. The Morgan fingerprint density at radius 1 is 0.800 bits per heavy atom. The van der Waals surface area contributed by atoms with Crippen molar-refractivity contribution in [2.45, 2.75) is 72.9 Å². The number of ether oxygens (including phenoxy) is 4. The zero-order valence-electron chi connectivity index (χ0n) is 27.0. The summed E-state index contributed by atoms with van der Waals surface area (Å²) in [5.41, 5.74) is 1.00. The Morgan fingerprint density at radius 2 is 1.38 bits per heavy atom. The minimum Gasteiger partial charge on any atom is -0.462 e. The summed E-state index contributed by atoms with van der Waals surface area (Å²) in [5.74, 6) is -3.15. The number of aromatic nitrogens is 4. The van der Waals surface area contributed by atoms with Gasteiger partial charge in [0.05, 0.1) is 51.8 Å². The molecule has 0 N–H and O–H groups in total. The van der Waals surface area contributed by atoms with Gasteiger partial charge in [0.25, 0.3) is 5.56 Å². The third-order valence-corrected chi connectivity index (χ3v) is 6.94. The van der Waals surface area contributed by atoms with Crippen LogP contribution in [0.1, 0.15) is 38.8 Å². The lowest BCUT2D eigenvalue weighted by Gasteiger charge is -2.33. The van der Waals surface area contributed by atoms with Crippen LogP contribution in [-0.4, -0.2) is 100 Å². The van der Waals surface area contributed by atoms with Crippen LogP contribution in [0.4, 0.5) is 0 Å². The molecule has 244 valence electrons. The molecule has 0 aliphatic carbocycles. The van der Waals surface area contributed by atoms with E-state index in [2.05, 4.69) is 9.97 Å². The molecule has 0 radical (unpaired) electrons. The quantitative estimate of drug-likeness (QED) is 0.119. The highest BCUT2D eigenvalue weighted by atomic mass is 16.6. The predicted octanol–water partition coefficient (Wildman–Crippen LogP) is 0.739. The summed E-state index contributed by atoms with van der Waals surface area (Å²) in [6, 6.07) is 3.55. The van der Waals surface area contributed by atoms with Gasteiger partial charge < -0.3 is 28.0 Å². The first-order chi connectivity index (χ1) is 20.9. The first-order valence-electron chi connectivity index (χ1n) is 14.3. The molecule has 3 rings (SSSR count). The highest BCUT2D eigenvalue weighted by Crippen LogP contribution is 2.26. The maximum Gasteiger partial charge on any atom is 0.352 e. The fourth-order valence-corrected chi connectivity index (χ4v) is 4.70. The average molecular weight is 631 g/mol. The number of fused-ring (bicyclic) bond motifs is 2. The van der Waals surface area contributed by atoms with Gasteiger partial charge in [-0.05, 0) is 37.1 Å². The molecule has 0 unspecified atom stereocenters. The van der Waals surface area contributed by atoms with Crippen LogP contribution in [0.3, 0.4) is 0 Å². The number of nitrogens with zero attached hydrogens (tertiary/aromatic N) is 5. The van der Waals surface area contributed by atoms with Gasteiger partial charge in [-0.15, -0.1) is 0 Å². The molecular weight excluding hydrogens is 590 g/mol. The monoisotopic (exact) mass is 630 g/mol. The second-order valence-corrected chi connectivity index (χ2v) is 11.9. The third-order valence-electron chi connectivity index (χ3n) is 6.94. The average Bonchev–Trinajstić information content (AvgIpc) is 2.89. The van der Waals surface area contributed by atoms with Crippen molar-refractivity contribution in [2.24, 2.45) is 0 Å². The number of hydrogen-bond donors (Lipinski definition) is 0. The molecule has 15 heteroatoms. The summed E-state index contributed by atoms with van der Waals surface area (Å²) in [5, 5.41) is 0. The number of likely N-dealkylation sites (N-methyl/N-ethyl adjacent to an activating group) is 1. The zero-order valence-corrected chi connectivity index (χ0v) is 27.0. The van der Waals surface area contributed by atoms with Crippen LogP contribution in [0.2, 0.25) is 0 Å². The molecule has 1 aromatic rings. The number of rotatable bonds is 12. The molecule has 3 atom stereocenters. The summed E-state index contributed by atoms with van der Waals surface area (Å²) >= 11 is 0. The van der Waals surface area contributed by atoms with Gasteiger partial charge in [-0.2, -0.15) is 4.98 Å². The molecule has 0 fully saturated rings. The second-order valence-electron chi connectivity index (χ2n) is 11.9. The van der Waals surface area contributed by atoms with Gasteiger partial charge in [-0.25, -0.2) is 9.78 Å². The summed E-state index contributed by atoms with van der Waals surface area (Å²) in [6.45, 7) is 7.94. The number of esters is 4. The van der Waals surface area contributed by atoms with E-state index in [1.165, 1.54) is 4.57 Å². The molecule has 2 aliphatic heterocycles. The first kappa shape index (κ1) is 34.8. The number of carbonyl (C=O) groups is 4. The normalized spacial score (nSPS) is 13.6. The van der Waals surface area contributed by atoms with Crippen molar-refractivity contribution < 1.29 is 42.6 Å². The van der Waals surface area contributed by atoms with Crippen LogP contribution < -0.4 is 11.2 Å². The lowest BCUT2D eigenvalue weighted by atomic mass is 10.1. The first-order valence-corrected chi connectivity index (χ1v) is 14.3. The van der Waals surface area contributed by atoms with Crippen molar-refractivity contribution in [3.63, 3.8) is 0 Å². The van der Waals surface area contributed by atoms with Crippen molar-refractivity contribution in [3.8, 4) is 11.5 Å². The standard InChI is InChI=1S/C30H40N5O10/c1-16-12-22-23(13-17(16)2)34(28-26(31-22)29(40)33(30(41)32-28)10-11-35(7,8)9)14-24(43-19(4)37)27(45-21(6)39)25(44-20(5)38)15-42-18(3)36/h12-13,24-25,27H,10-11,14-15H2,1-9H3/q+1/t24-,25+,27-/m0/s1. The predicted molar refractivity (Wildman–Crippen MR) is 160 cm³/mol. The third kappa shape index (κ3) is 8.94. The number of quaternary nitrogens is 1. The largest absolute Gasteiger partial charge is 0.462 e. The van der Waals surface area contributed by atoms with Crippen molar-refractivity contribution in [1.29, 1.82) is 0 Å². The number of benzene rings is 1. The Morgan fingerprint density at radius 3 is 1.93 bits per heavy atom. The maximum atomic E-state index is 13.7. The number of hydrogen-bond acceptors (Lipinski definition) is 12. The Kier molecular flexibility index (Phi) is 10.8. The molecule has 2 heterocycles. The molecule has 45 heavy (non-hydrogen) atoms. The van der Waals surface area contributed by atoms with E-state index in [0.717, 1.165) is 43.4 Å². The highest BCUT2D eigenvalue weighted by Gasteiger charge is 2.39. The van der Waals surface area contributed by atoms with Crippen molar-refractivity contribution in [3.05, 3.63) is 44.1 Å². The van der Waals surface area contributed by atoms with Gasteiger partial charge >= 0.3 is 29.6 Å². The fourth-order valence-electron chi connectivity index (χ4n) is 4.70. The Hall–Kier alpha value is -4.66. The number of carbonyl (C=O) groups excluding carboxylic acids is 4. The molecule has 0 bridgehead atoms. The molecule has 0 saturated carbocycles. The van der Waals surface area contributed by atoms with Gasteiger partial charge in [0.2, 0.25) is 0 Å². The lowest BCUT2D eigenvalue weighted by molar-refractivity contribution is -0.871.